The third-order valence-electron chi connectivity index (χ3n) is 5.04. The molecule has 0 spiro atoms. The topological polar surface area (TPSA) is 65.1 Å². The highest BCUT2D eigenvalue weighted by Crippen LogP contribution is 2.31. The fourth-order valence-corrected chi connectivity index (χ4v) is 3.83. The molecule has 0 aliphatic carbocycles. The Labute approximate surface area is 179 Å². The average molecular weight is 446 g/mol. The summed E-state index contributed by atoms with van der Waals surface area (Å²) in [7, 11) is 0. The van der Waals surface area contributed by atoms with Crippen LogP contribution >= 0.6 is 11.6 Å². The molecule has 30 heavy (non-hydrogen) atoms. The third kappa shape index (κ3) is 5.72. The lowest BCUT2D eigenvalue weighted by Gasteiger charge is -2.43. The predicted molar refractivity (Wildman–Crippen MR) is 112 cm³/mol. The maximum absolute atomic E-state index is 12.9. The predicted octanol–water partition coefficient (Wildman–Crippen LogP) is 4.22. The van der Waals surface area contributed by atoms with E-state index in [0.29, 0.717) is 30.9 Å². The van der Waals surface area contributed by atoms with Crippen molar-refractivity contribution < 1.29 is 13.2 Å². The lowest BCUT2D eigenvalue weighted by Crippen LogP contribution is -2.53. The molecular formula is C20H27ClF3N5O. The van der Waals surface area contributed by atoms with Gasteiger partial charge in [-0.2, -0.15) is 18.3 Å². The number of pyridine rings is 1. The highest BCUT2D eigenvalue weighted by molar-refractivity contribution is 6.33. The summed E-state index contributed by atoms with van der Waals surface area (Å²) in [6, 6.07) is 3.14. The van der Waals surface area contributed by atoms with E-state index < -0.39 is 18.2 Å². The molecule has 2 aromatic heterocycles. The summed E-state index contributed by atoms with van der Waals surface area (Å²) in [5.74, 6) is 0. The van der Waals surface area contributed by atoms with Crippen LogP contribution in [0.1, 0.15) is 45.0 Å². The minimum Gasteiger partial charge on any atom is -0.364 e. The van der Waals surface area contributed by atoms with Crippen LogP contribution in [0.4, 0.5) is 18.9 Å². The van der Waals surface area contributed by atoms with Gasteiger partial charge in [-0.25, -0.2) is 5.10 Å². The van der Waals surface area contributed by atoms with Gasteiger partial charge in [-0.1, -0.05) is 31.5 Å². The molecule has 2 atom stereocenters. The Morgan fingerprint density at radius 3 is 2.67 bits per heavy atom. The Hall–Kier alpha value is -2.13. The summed E-state index contributed by atoms with van der Waals surface area (Å²) in [5, 5.41) is 6.19. The number of hydrogen-bond donors (Lipinski definition) is 1. The van der Waals surface area contributed by atoms with Crippen molar-refractivity contribution in [2.24, 2.45) is 0 Å². The van der Waals surface area contributed by atoms with Gasteiger partial charge in [0.2, 0.25) is 0 Å². The van der Waals surface area contributed by atoms with Crippen molar-refractivity contribution in [3.05, 3.63) is 51.2 Å². The number of alkyl halides is 3. The lowest BCUT2D eigenvalue weighted by atomic mass is 10.0. The van der Waals surface area contributed by atoms with Crippen LogP contribution in [-0.4, -0.2) is 51.9 Å². The number of nitrogens with zero attached hydrogens (tertiary/aromatic N) is 4. The second-order valence-electron chi connectivity index (χ2n) is 6.94. The Kier molecular flexibility index (Phi) is 8.25. The van der Waals surface area contributed by atoms with E-state index in [-0.39, 0.29) is 22.8 Å². The second-order valence-corrected chi connectivity index (χ2v) is 7.32. The number of halogens is 4. The number of anilines is 1. The first-order valence-corrected chi connectivity index (χ1v) is 10.3. The highest BCUT2D eigenvalue weighted by atomic mass is 35.5. The van der Waals surface area contributed by atoms with E-state index in [4.69, 9.17) is 11.6 Å². The van der Waals surface area contributed by atoms with Crippen LogP contribution in [0.25, 0.3) is 0 Å². The fraction of sp³-hybridized carbons (Fsp3) is 0.550. The van der Waals surface area contributed by atoms with Crippen molar-refractivity contribution in [2.75, 3.05) is 24.5 Å². The highest BCUT2D eigenvalue weighted by Gasteiger charge is 2.33. The minimum atomic E-state index is -4.31. The zero-order valence-corrected chi connectivity index (χ0v) is 18.3. The van der Waals surface area contributed by atoms with E-state index in [2.05, 4.69) is 20.1 Å². The molecule has 166 valence electrons. The molecule has 1 N–H and O–H groups in total. The number of piperazine rings is 1. The molecule has 0 aromatic carbocycles. The molecular weight excluding hydrogens is 419 g/mol. The van der Waals surface area contributed by atoms with E-state index in [9.17, 15) is 18.0 Å². The number of aromatic amines is 1. The van der Waals surface area contributed by atoms with Gasteiger partial charge in [-0.15, -0.1) is 0 Å². The molecule has 6 nitrogen and oxygen atoms in total. The van der Waals surface area contributed by atoms with E-state index >= 15 is 0 Å². The molecule has 0 amide bonds. The molecule has 10 heteroatoms. The van der Waals surface area contributed by atoms with Crippen molar-refractivity contribution in [1.29, 1.82) is 0 Å². The molecule has 3 heterocycles. The molecule has 0 bridgehead atoms. The van der Waals surface area contributed by atoms with Crippen molar-refractivity contribution in [3.63, 3.8) is 0 Å². The van der Waals surface area contributed by atoms with Crippen molar-refractivity contribution in [2.45, 2.75) is 52.4 Å². The van der Waals surface area contributed by atoms with Crippen LogP contribution in [-0.2, 0) is 6.42 Å². The normalized spacial score (nSPS) is 18.5. The van der Waals surface area contributed by atoms with Crippen LogP contribution in [0.3, 0.4) is 0 Å². The van der Waals surface area contributed by atoms with Crippen LogP contribution in [0.5, 0.6) is 0 Å². The van der Waals surface area contributed by atoms with E-state index in [1.807, 2.05) is 32.6 Å². The van der Waals surface area contributed by atoms with Gasteiger partial charge in [-0.05, 0) is 25.5 Å². The van der Waals surface area contributed by atoms with Crippen molar-refractivity contribution >= 4 is 17.3 Å². The van der Waals surface area contributed by atoms with E-state index in [1.165, 1.54) is 12.4 Å². The zero-order valence-electron chi connectivity index (χ0n) is 17.5. The summed E-state index contributed by atoms with van der Waals surface area (Å²) >= 11 is 6.12. The van der Waals surface area contributed by atoms with Gasteiger partial charge in [0.05, 0.1) is 24.0 Å². The SMILES string of the molecule is CC.CC(c1cccnc1CC(F)(F)F)N1CCN(c2cn[nH]c(=O)c2Cl)C(C)C1. The largest absolute Gasteiger partial charge is 0.394 e. The molecule has 0 saturated carbocycles. The molecule has 2 unspecified atom stereocenters. The summed E-state index contributed by atoms with van der Waals surface area (Å²) < 4.78 is 38.7. The minimum absolute atomic E-state index is 0.0000348. The molecule has 1 aliphatic heterocycles. The molecule has 1 saturated heterocycles. The van der Waals surface area contributed by atoms with Crippen molar-refractivity contribution in [3.8, 4) is 0 Å². The maximum Gasteiger partial charge on any atom is 0.394 e. The summed E-state index contributed by atoms with van der Waals surface area (Å²) in [4.78, 5) is 19.8. The third-order valence-corrected chi connectivity index (χ3v) is 5.40. The summed E-state index contributed by atoms with van der Waals surface area (Å²) in [6.07, 6.45) is -2.45. The van der Waals surface area contributed by atoms with Gasteiger partial charge in [0.1, 0.15) is 5.02 Å². The number of nitrogens with one attached hydrogen (secondary N) is 1. The number of hydrogen-bond acceptors (Lipinski definition) is 5. The Morgan fingerprint density at radius 2 is 2.03 bits per heavy atom. The average Bonchev–Trinajstić information content (AvgIpc) is 2.70. The molecule has 3 rings (SSSR count). The van der Waals surface area contributed by atoms with Gasteiger partial charge >= 0.3 is 6.18 Å². The summed E-state index contributed by atoms with van der Waals surface area (Å²) in [5.41, 5.74) is 0.745. The molecule has 1 fully saturated rings. The summed E-state index contributed by atoms with van der Waals surface area (Å²) in [6.45, 7) is 9.65. The Morgan fingerprint density at radius 1 is 1.33 bits per heavy atom. The van der Waals surface area contributed by atoms with E-state index in [1.54, 1.807) is 12.1 Å². The molecule has 1 aliphatic rings. The van der Waals surface area contributed by atoms with Crippen LogP contribution in [0.2, 0.25) is 5.02 Å². The first-order chi connectivity index (χ1) is 14.2. The molecule has 2 aromatic rings. The van der Waals surface area contributed by atoms with Crippen molar-refractivity contribution in [1.82, 2.24) is 20.1 Å². The monoisotopic (exact) mass is 445 g/mol. The van der Waals surface area contributed by atoms with Gasteiger partial charge in [-0.3, -0.25) is 14.7 Å². The van der Waals surface area contributed by atoms with Crippen LogP contribution in [0.15, 0.2) is 29.3 Å². The van der Waals surface area contributed by atoms with E-state index in [0.717, 1.165) is 0 Å². The van der Waals surface area contributed by atoms with Crippen LogP contribution < -0.4 is 10.5 Å². The quantitative estimate of drug-likeness (QED) is 0.763. The smallest absolute Gasteiger partial charge is 0.364 e. The Balaban J connectivity index is 0.00000155. The maximum atomic E-state index is 12.9. The molecule has 0 radical (unpaired) electrons. The zero-order chi connectivity index (χ0) is 22.5. The van der Waals surface area contributed by atoms with Gasteiger partial charge in [0.15, 0.2) is 0 Å². The standard InChI is InChI=1S/C18H21ClF3N5O.C2H6/c1-11-10-26(6-7-27(11)15-9-24-25-17(28)16(15)19)12(2)13-4-3-5-23-14(13)8-18(20,21)22;1-2/h3-5,9,11-12H,6-8,10H2,1-2H3,(H,25,28);1-2H3. The first-order valence-electron chi connectivity index (χ1n) is 9.92. The van der Waals surface area contributed by atoms with Gasteiger partial charge < -0.3 is 4.90 Å². The van der Waals surface area contributed by atoms with Crippen LogP contribution in [0, 0.1) is 0 Å². The first kappa shape index (κ1) is 24.1. The number of H-pyrrole nitrogens is 1. The number of aromatic nitrogens is 3. The van der Waals surface area contributed by atoms with Gasteiger partial charge in [0, 0.05) is 37.9 Å². The second kappa shape index (κ2) is 10.3. The number of rotatable bonds is 4. The Bertz CT molecular complexity index is 889. The van der Waals surface area contributed by atoms with Gasteiger partial charge in [0.25, 0.3) is 5.56 Å². The lowest BCUT2D eigenvalue weighted by molar-refractivity contribution is -0.128. The fourth-order valence-electron chi connectivity index (χ4n) is 3.63.